The fraction of sp³-hybridized carbons (Fsp3) is 0.200. The average molecular weight is 278 g/mol. The fourth-order valence-corrected chi connectivity index (χ4v) is 2.96. The fourth-order valence-electron chi connectivity index (χ4n) is 1.72. The Kier molecular flexibility index (Phi) is 5.12. The number of benzene rings is 2. The molecule has 0 bridgehead atoms. The van der Waals surface area contributed by atoms with E-state index in [9.17, 15) is 0 Å². The number of halogens is 1. The third-order valence-corrected chi connectivity index (χ3v) is 4.24. The van der Waals surface area contributed by atoms with Crippen LogP contribution in [-0.2, 0) is 12.2 Å². The van der Waals surface area contributed by atoms with Crippen LogP contribution in [0.5, 0.6) is 0 Å². The molecule has 3 heteroatoms. The topological polar surface area (TPSA) is 26.0 Å². The molecule has 2 aromatic carbocycles. The van der Waals surface area contributed by atoms with Crippen LogP contribution in [0.15, 0.2) is 53.4 Å². The highest BCUT2D eigenvalue weighted by Crippen LogP contribution is 2.30. The van der Waals surface area contributed by atoms with E-state index in [0.29, 0.717) is 6.54 Å². The number of hydrogen-bond donors (Lipinski definition) is 1. The van der Waals surface area contributed by atoms with Crippen molar-refractivity contribution >= 4 is 23.4 Å². The smallest absolute Gasteiger partial charge is 0.0544 e. The summed E-state index contributed by atoms with van der Waals surface area (Å²) >= 11 is 8.03. The normalized spacial score (nSPS) is 10.6. The highest BCUT2D eigenvalue weighted by Gasteiger charge is 2.03. The Labute approximate surface area is 117 Å². The highest BCUT2D eigenvalue weighted by molar-refractivity contribution is 7.98. The van der Waals surface area contributed by atoms with Crippen molar-refractivity contribution < 1.29 is 0 Å². The minimum atomic E-state index is 0.660. The number of thioether (sulfide) groups is 1. The summed E-state index contributed by atoms with van der Waals surface area (Å²) in [6.45, 7) is 0.660. The zero-order chi connectivity index (χ0) is 12.8. The maximum absolute atomic E-state index is 6.27. The first-order valence-electron chi connectivity index (χ1n) is 5.95. The third-order valence-electron chi connectivity index (χ3n) is 2.67. The quantitative estimate of drug-likeness (QED) is 0.832. The lowest BCUT2D eigenvalue weighted by Crippen LogP contribution is -2.02. The Bertz CT molecular complexity index is 499. The largest absolute Gasteiger partial charge is 0.330 e. The second-order valence-corrected chi connectivity index (χ2v) is 5.50. The molecule has 2 N–H and O–H groups in total. The van der Waals surface area contributed by atoms with E-state index in [-0.39, 0.29) is 0 Å². The second-order valence-electron chi connectivity index (χ2n) is 4.08. The van der Waals surface area contributed by atoms with Gasteiger partial charge in [0.1, 0.15) is 0 Å². The van der Waals surface area contributed by atoms with Crippen molar-refractivity contribution in [3.63, 3.8) is 0 Å². The monoisotopic (exact) mass is 277 g/mol. The number of nitrogens with two attached hydrogens (primary N) is 1. The summed E-state index contributed by atoms with van der Waals surface area (Å²) in [5, 5.41) is 0.821. The van der Waals surface area contributed by atoms with Crippen LogP contribution >= 0.6 is 23.4 Å². The number of rotatable bonds is 5. The van der Waals surface area contributed by atoms with Crippen LogP contribution in [0.3, 0.4) is 0 Å². The first kappa shape index (κ1) is 13.5. The van der Waals surface area contributed by atoms with Gasteiger partial charge >= 0.3 is 0 Å². The maximum atomic E-state index is 6.27. The Morgan fingerprint density at radius 2 is 1.78 bits per heavy atom. The van der Waals surface area contributed by atoms with Gasteiger partial charge < -0.3 is 5.73 Å². The molecular formula is C15H16ClNS. The molecule has 0 atom stereocenters. The van der Waals surface area contributed by atoms with Crippen molar-refractivity contribution in [2.24, 2.45) is 5.73 Å². The van der Waals surface area contributed by atoms with E-state index in [1.54, 1.807) is 11.8 Å². The van der Waals surface area contributed by atoms with E-state index in [2.05, 4.69) is 36.4 Å². The maximum Gasteiger partial charge on any atom is 0.0544 e. The van der Waals surface area contributed by atoms with Gasteiger partial charge in [-0.3, -0.25) is 0 Å². The van der Waals surface area contributed by atoms with Gasteiger partial charge in [0.05, 0.1) is 5.02 Å². The van der Waals surface area contributed by atoms with Crippen molar-refractivity contribution in [2.45, 2.75) is 17.1 Å². The van der Waals surface area contributed by atoms with Gasteiger partial charge in [0, 0.05) is 10.6 Å². The summed E-state index contributed by atoms with van der Waals surface area (Å²) in [5.74, 6) is 0.941. The zero-order valence-electron chi connectivity index (χ0n) is 10.1. The van der Waals surface area contributed by atoms with Gasteiger partial charge in [-0.2, -0.15) is 0 Å². The van der Waals surface area contributed by atoms with E-state index in [0.717, 1.165) is 22.1 Å². The standard InChI is InChI=1S/C15H16ClNS/c16-14-10-12(8-9-17)6-7-15(14)18-11-13-4-2-1-3-5-13/h1-7,10H,8-9,11,17H2. The summed E-state index contributed by atoms with van der Waals surface area (Å²) in [6.07, 6.45) is 0.878. The SMILES string of the molecule is NCCc1ccc(SCc2ccccc2)c(Cl)c1. The molecule has 0 fully saturated rings. The Balaban J connectivity index is 2.01. The lowest BCUT2D eigenvalue weighted by atomic mass is 10.1. The van der Waals surface area contributed by atoms with Gasteiger partial charge in [-0.25, -0.2) is 0 Å². The molecule has 0 aliphatic carbocycles. The van der Waals surface area contributed by atoms with Crippen LogP contribution in [0, 0.1) is 0 Å². The summed E-state index contributed by atoms with van der Waals surface area (Å²) in [7, 11) is 0. The van der Waals surface area contributed by atoms with Gasteiger partial charge in [0.2, 0.25) is 0 Å². The molecule has 0 unspecified atom stereocenters. The van der Waals surface area contributed by atoms with Crippen molar-refractivity contribution in [3.8, 4) is 0 Å². The van der Waals surface area contributed by atoms with Gasteiger partial charge in [-0.05, 0) is 36.2 Å². The lowest BCUT2D eigenvalue weighted by molar-refractivity contribution is 0.966. The molecule has 0 saturated heterocycles. The molecule has 0 amide bonds. The van der Waals surface area contributed by atoms with Gasteiger partial charge in [-0.15, -0.1) is 11.8 Å². The van der Waals surface area contributed by atoms with Crippen LogP contribution in [0.1, 0.15) is 11.1 Å². The van der Waals surface area contributed by atoms with Crippen molar-refractivity contribution in [3.05, 3.63) is 64.7 Å². The molecule has 2 rings (SSSR count). The van der Waals surface area contributed by atoms with Gasteiger partial charge in [0.15, 0.2) is 0 Å². The first-order valence-corrected chi connectivity index (χ1v) is 7.31. The minimum absolute atomic E-state index is 0.660. The number of hydrogen-bond acceptors (Lipinski definition) is 2. The summed E-state index contributed by atoms with van der Waals surface area (Å²) in [4.78, 5) is 1.13. The van der Waals surface area contributed by atoms with Crippen LogP contribution in [0.4, 0.5) is 0 Å². The van der Waals surface area contributed by atoms with E-state index >= 15 is 0 Å². The molecule has 1 nitrogen and oxygen atoms in total. The molecule has 18 heavy (non-hydrogen) atoms. The van der Waals surface area contributed by atoms with E-state index in [1.807, 2.05) is 12.1 Å². The molecule has 0 spiro atoms. The first-order chi connectivity index (χ1) is 8.79. The molecular weight excluding hydrogens is 262 g/mol. The molecule has 0 heterocycles. The van der Waals surface area contributed by atoms with E-state index < -0.39 is 0 Å². The summed E-state index contributed by atoms with van der Waals surface area (Å²) < 4.78 is 0. The van der Waals surface area contributed by atoms with Crippen LogP contribution in [-0.4, -0.2) is 6.54 Å². The predicted octanol–water partition coefficient (Wildman–Crippen LogP) is 4.13. The Hall–Kier alpha value is -0.960. The Morgan fingerprint density at radius 3 is 2.44 bits per heavy atom. The third kappa shape index (κ3) is 3.77. The zero-order valence-corrected chi connectivity index (χ0v) is 11.7. The highest BCUT2D eigenvalue weighted by atomic mass is 35.5. The van der Waals surface area contributed by atoms with Gasteiger partial charge in [0.25, 0.3) is 0 Å². The van der Waals surface area contributed by atoms with Crippen LogP contribution < -0.4 is 5.73 Å². The van der Waals surface area contributed by atoms with E-state index in [1.165, 1.54) is 11.1 Å². The van der Waals surface area contributed by atoms with E-state index in [4.69, 9.17) is 17.3 Å². The van der Waals surface area contributed by atoms with Crippen molar-refractivity contribution in [1.29, 1.82) is 0 Å². The molecule has 0 aliphatic heterocycles. The molecule has 0 saturated carbocycles. The van der Waals surface area contributed by atoms with Crippen LogP contribution in [0.25, 0.3) is 0 Å². The van der Waals surface area contributed by atoms with Gasteiger partial charge in [-0.1, -0.05) is 48.0 Å². The molecule has 2 aromatic rings. The summed E-state index contributed by atoms with van der Waals surface area (Å²) in [6, 6.07) is 16.6. The van der Waals surface area contributed by atoms with Crippen LogP contribution in [0.2, 0.25) is 5.02 Å². The lowest BCUT2D eigenvalue weighted by Gasteiger charge is -2.06. The van der Waals surface area contributed by atoms with Crippen molar-refractivity contribution in [2.75, 3.05) is 6.54 Å². The molecule has 0 radical (unpaired) electrons. The Morgan fingerprint density at radius 1 is 1.00 bits per heavy atom. The molecule has 0 aliphatic rings. The molecule has 0 aromatic heterocycles. The van der Waals surface area contributed by atoms with Crippen molar-refractivity contribution in [1.82, 2.24) is 0 Å². The average Bonchev–Trinajstić information content (AvgIpc) is 2.39. The predicted molar refractivity (Wildman–Crippen MR) is 80.2 cm³/mol. The molecule has 94 valence electrons. The minimum Gasteiger partial charge on any atom is -0.330 e. The second kappa shape index (κ2) is 6.83. The summed E-state index contributed by atoms with van der Waals surface area (Å²) in [5.41, 5.74) is 8.05.